The van der Waals surface area contributed by atoms with E-state index in [0.717, 1.165) is 5.39 Å². The Labute approximate surface area is 201 Å². The van der Waals surface area contributed by atoms with E-state index in [-0.39, 0.29) is 40.5 Å². The molecule has 1 fully saturated rings. The predicted octanol–water partition coefficient (Wildman–Crippen LogP) is 4.66. The van der Waals surface area contributed by atoms with Gasteiger partial charge < -0.3 is 19.6 Å². The zero-order valence-electron chi connectivity index (χ0n) is 18.6. The van der Waals surface area contributed by atoms with Crippen LogP contribution in [0.3, 0.4) is 0 Å². The Hall–Kier alpha value is -3.58. The minimum absolute atomic E-state index is 0.0238. The summed E-state index contributed by atoms with van der Waals surface area (Å²) in [4.78, 5) is 26.2. The second kappa shape index (κ2) is 9.73. The molecule has 8 heteroatoms. The predicted molar refractivity (Wildman–Crippen MR) is 131 cm³/mol. The molecular weight excluding hydrogens is 459 g/mol. The number of phenolic OH excluding ortho intramolecular Hbond substituents is 1. The molecule has 0 saturated carbocycles. The van der Waals surface area contributed by atoms with Crippen LogP contribution in [-0.4, -0.2) is 55.5 Å². The number of benzene rings is 3. The molecule has 0 bridgehead atoms. The first-order valence-electron chi connectivity index (χ1n) is 10.8. The number of likely N-dealkylation sites (tertiary alicyclic amines) is 1. The number of hydrogen-bond donors (Lipinski definition) is 1. The van der Waals surface area contributed by atoms with Gasteiger partial charge in [0, 0.05) is 38.2 Å². The van der Waals surface area contributed by atoms with Gasteiger partial charge in [-0.3, -0.25) is 9.59 Å². The van der Waals surface area contributed by atoms with Crippen molar-refractivity contribution in [3.63, 3.8) is 0 Å². The van der Waals surface area contributed by atoms with Crippen molar-refractivity contribution in [2.24, 2.45) is 5.92 Å². The number of carbonyl (C=O) groups excluding carboxylic acids is 2. The fourth-order valence-electron chi connectivity index (χ4n) is 4.36. The van der Waals surface area contributed by atoms with E-state index in [9.17, 15) is 14.7 Å². The highest BCUT2D eigenvalue weighted by molar-refractivity contribution is 6.34. The highest BCUT2D eigenvalue weighted by Gasteiger charge is 2.31. The van der Waals surface area contributed by atoms with Gasteiger partial charge in [0.25, 0.3) is 0 Å². The van der Waals surface area contributed by atoms with Gasteiger partial charge in [-0.2, -0.15) is 0 Å². The van der Waals surface area contributed by atoms with E-state index in [1.54, 1.807) is 29.0 Å². The fraction of sp³-hybridized carbons (Fsp3) is 0.231. The average molecular weight is 483 g/mol. The smallest absolute Gasteiger partial charge is 0.245 e. The maximum Gasteiger partial charge on any atom is 0.245 e. The summed E-state index contributed by atoms with van der Waals surface area (Å²) in [7, 11) is 1.78. The topological polar surface area (TPSA) is 70.1 Å². The maximum atomic E-state index is 16.0. The van der Waals surface area contributed by atoms with Gasteiger partial charge in [0.05, 0.1) is 10.7 Å². The van der Waals surface area contributed by atoms with Gasteiger partial charge >= 0.3 is 0 Å². The number of halogens is 2. The third-order valence-electron chi connectivity index (χ3n) is 5.95. The lowest BCUT2D eigenvalue weighted by Gasteiger charge is -2.41. The summed E-state index contributed by atoms with van der Waals surface area (Å²) in [6.45, 7) is 4.84. The van der Waals surface area contributed by atoms with Crippen molar-refractivity contribution in [2.45, 2.75) is 0 Å². The van der Waals surface area contributed by atoms with Crippen LogP contribution < -0.4 is 9.64 Å². The second-order valence-corrected chi connectivity index (χ2v) is 8.69. The van der Waals surface area contributed by atoms with E-state index in [1.165, 1.54) is 12.1 Å². The van der Waals surface area contributed by atoms with Gasteiger partial charge in [-0.15, -0.1) is 0 Å². The van der Waals surface area contributed by atoms with E-state index >= 15 is 4.39 Å². The number of anilines is 1. The monoisotopic (exact) mass is 482 g/mol. The fourth-order valence-corrected chi connectivity index (χ4v) is 4.64. The van der Waals surface area contributed by atoms with Crippen LogP contribution in [0.2, 0.25) is 5.02 Å². The van der Waals surface area contributed by atoms with Crippen LogP contribution in [0.25, 0.3) is 21.9 Å². The number of hydrogen-bond acceptors (Lipinski definition) is 5. The second-order valence-electron chi connectivity index (χ2n) is 8.28. The lowest BCUT2D eigenvalue weighted by atomic mass is 9.96. The highest BCUT2D eigenvalue weighted by Crippen LogP contribution is 2.45. The Bertz CT molecular complexity index is 1270. The van der Waals surface area contributed by atoms with E-state index in [0.29, 0.717) is 42.6 Å². The van der Waals surface area contributed by atoms with Crippen LogP contribution in [0, 0.1) is 11.7 Å². The first-order chi connectivity index (χ1) is 16.3. The highest BCUT2D eigenvalue weighted by atomic mass is 35.5. The number of rotatable bonds is 8. The number of aldehydes is 1. The molecule has 1 aliphatic heterocycles. The quantitative estimate of drug-likeness (QED) is 0.373. The molecule has 34 heavy (non-hydrogen) atoms. The van der Waals surface area contributed by atoms with E-state index in [2.05, 4.69) is 6.58 Å². The normalized spacial score (nSPS) is 13.4. The van der Waals surface area contributed by atoms with E-state index in [1.807, 2.05) is 24.3 Å². The number of nitrogens with zero attached hydrogens (tertiary/aromatic N) is 2. The summed E-state index contributed by atoms with van der Waals surface area (Å²) in [6.07, 6.45) is 1.83. The van der Waals surface area contributed by atoms with Gasteiger partial charge in [-0.1, -0.05) is 42.4 Å². The van der Waals surface area contributed by atoms with Crippen molar-refractivity contribution < 1.29 is 23.8 Å². The molecule has 1 amide bonds. The Morgan fingerprint density at radius 2 is 2.06 bits per heavy atom. The number of phenols is 1. The van der Waals surface area contributed by atoms with Crippen LogP contribution in [-0.2, 0) is 9.59 Å². The van der Waals surface area contributed by atoms with Crippen LogP contribution >= 0.6 is 11.6 Å². The summed E-state index contributed by atoms with van der Waals surface area (Å²) < 4.78 is 21.5. The molecule has 1 heterocycles. The van der Waals surface area contributed by atoms with Gasteiger partial charge in [0.1, 0.15) is 12.4 Å². The number of carbonyl (C=O) groups is 2. The van der Waals surface area contributed by atoms with Crippen LogP contribution in [0.1, 0.15) is 0 Å². The molecule has 0 radical (unpaired) electrons. The molecular formula is C26H24ClFN2O4. The lowest BCUT2D eigenvalue weighted by molar-refractivity contribution is -0.131. The van der Waals surface area contributed by atoms with Crippen molar-refractivity contribution in [3.05, 3.63) is 66.0 Å². The molecule has 0 spiro atoms. The molecule has 0 aromatic heterocycles. The number of amides is 1. The first kappa shape index (κ1) is 23.6. The van der Waals surface area contributed by atoms with Crippen LogP contribution in [0.15, 0.2) is 55.1 Å². The number of ether oxygens (including phenoxy) is 1. The molecule has 3 aromatic rings. The summed E-state index contributed by atoms with van der Waals surface area (Å²) in [5.74, 6) is -0.775. The van der Waals surface area contributed by atoms with Crippen molar-refractivity contribution in [1.82, 2.24) is 4.90 Å². The number of fused-ring (bicyclic) bond motifs is 1. The Morgan fingerprint density at radius 3 is 2.76 bits per heavy atom. The molecule has 176 valence electrons. The zero-order chi connectivity index (χ0) is 24.4. The Kier molecular flexibility index (Phi) is 6.75. The maximum absolute atomic E-state index is 16.0. The molecule has 1 N–H and O–H groups in total. The molecule has 1 saturated heterocycles. The molecule has 0 atom stereocenters. The molecule has 1 aliphatic rings. The van der Waals surface area contributed by atoms with Crippen LogP contribution in [0.5, 0.6) is 11.5 Å². The largest absolute Gasteiger partial charge is 0.508 e. The van der Waals surface area contributed by atoms with Crippen molar-refractivity contribution >= 4 is 40.3 Å². The summed E-state index contributed by atoms with van der Waals surface area (Å²) in [5.41, 5.74) is 0.894. The third-order valence-corrected chi connectivity index (χ3v) is 6.25. The molecule has 6 nitrogen and oxygen atoms in total. The van der Waals surface area contributed by atoms with Gasteiger partial charge in [-0.25, -0.2) is 4.39 Å². The van der Waals surface area contributed by atoms with Crippen molar-refractivity contribution in [2.75, 3.05) is 38.2 Å². The van der Waals surface area contributed by atoms with E-state index in [4.69, 9.17) is 16.3 Å². The summed E-state index contributed by atoms with van der Waals surface area (Å²) in [5, 5.41) is 11.8. The first-order valence-corrected chi connectivity index (χ1v) is 11.1. The number of aromatic hydroxyl groups is 1. The SMILES string of the molecule is C=CC(=O)N1CC(CN(C)c2cc(Cl)c(-c3cc(O)cc4ccccc34)c(F)c2OCC=O)C1. The van der Waals surface area contributed by atoms with Crippen molar-refractivity contribution in [3.8, 4) is 22.6 Å². The minimum Gasteiger partial charge on any atom is -0.508 e. The molecule has 4 rings (SSSR count). The van der Waals surface area contributed by atoms with Crippen molar-refractivity contribution in [1.29, 1.82) is 0 Å². The van der Waals surface area contributed by atoms with E-state index < -0.39 is 5.82 Å². The third kappa shape index (κ3) is 4.43. The zero-order valence-corrected chi connectivity index (χ0v) is 19.4. The average Bonchev–Trinajstić information content (AvgIpc) is 2.79. The summed E-state index contributed by atoms with van der Waals surface area (Å²) >= 11 is 6.60. The standard InChI is InChI=1S/C26H24ClFN2O4/c1-3-23(33)30-14-16(15-30)13-29(2)22-12-21(27)24(25(28)26(22)34-9-8-31)20-11-18(32)10-17-6-4-5-7-19(17)20/h3-8,10-12,16,32H,1,9,13-15H2,2H3. The van der Waals surface area contributed by atoms with Crippen LogP contribution in [0.4, 0.5) is 10.1 Å². The molecule has 0 unspecified atom stereocenters. The van der Waals surface area contributed by atoms with Gasteiger partial charge in [0.2, 0.25) is 5.91 Å². The lowest BCUT2D eigenvalue weighted by Crippen LogP contribution is -2.53. The van der Waals surface area contributed by atoms with Gasteiger partial charge in [0.15, 0.2) is 17.9 Å². The van der Waals surface area contributed by atoms with Gasteiger partial charge in [-0.05, 0) is 40.6 Å². The molecule has 0 aliphatic carbocycles. The molecule has 3 aromatic carbocycles. The minimum atomic E-state index is -0.718. The summed E-state index contributed by atoms with van der Waals surface area (Å²) in [6, 6.07) is 11.9. The Balaban J connectivity index is 1.74. The Morgan fingerprint density at radius 1 is 1.32 bits per heavy atom.